The molecule has 1 aromatic rings. The van der Waals surface area contributed by atoms with E-state index >= 15 is 0 Å². The highest BCUT2D eigenvalue weighted by Crippen LogP contribution is 2.52. The van der Waals surface area contributed by atoms with E-state index in [-0.39, 0.29) is 17.0 Å². The number of hydrogen-bond acceptors (Lipinski definition) is 4. The first-order valence-electron chi connectivity index (χ1n) is 8.32. The molecule has 4 heteroatoms. The maximum atomic E-state index is 12.6. The lowest BCUT2D eigenvalue weighted by Gasteiger charge is -2.40. The molecule has 1 saturated heterocycles. The van der Waals surface area contributed by atoms with Crippen molar-refractivity contribution in [1.29, 1.82) is 0 Å². The number of ether oxygens (including phenoxy) is 3. The van der Waals surface area contributed by atoms with Gasteiger partial charge in [0.15, 0.2) is 11.6 Å². The Bertz CT molecular complexity index is 628. The summed E-state index contributed by atoms with van der Waals surface area (Å²) in [5, 5.41) is 0. The van der Waals surface area contributed by atoms with Gasteiger partial charge < -0.3 is 14.2 Å². The number of rotatable bonds is 2. The van der Waals surface area contributed by atoms with E-state index in [4.69, 9.17) is 14.2 Å². The Balaban J connectivity index is 1.55. The quantitative estimate of drug-likeness (QED) is 0.840. The zero-order valence-electron chi connectivity index (χ0n) is 13.5. The van der Waals surface area contributed by atoms with Gasteiger partial charge in [-0.15, -0.1) is 0 Å². The van der Waals surface area contributed by atoms with Crippen LogP contribution in [0.3, 0.4) is 0 Å². The monoisotopic (exact) mass is 314 g/mol. The Hall–Kier alpha value is -1.65. The van der Waals surface area contributed by atoms with Crippen LogP contribution in [-0.2, 0) is 14.3 Å². The molecule has 0 bridgehead atoms. The van der Waals surface area contributed by atoms with Crippen LogP contribution < -0.4 is 4.74 Å². The Morgan fingerprint density at radius 3 is 2.26 bits per heavy atom. The minimum atomic E-state index is -0.370. The maximum absolute atomic E-state index is 12.6. The average molecular weight is 314 g/mol. The van der Waals surface area contributed by atoms with Crippen molar-refractivity contribution in [3.05, 3.63) is 35.9 Å². The molecule has 2 spiro atoms. The lowest BCUT2D eigenvalue weighted by Crippen LogP contribution is -2.38. The summed E-state index contributed by atoms with van der Waals surface area (Å²) in [4.78, 5) is 12.6. The average Bonchev–Trinajstić information content (AvgIpc) is 3.16. The fourth-order valence-corrected chi connectivity index (χ4v) is 4.10. The van der Waals surface area contributed by atoms with Gasteiger partial charge >= 0.3 is 0 Å². The number of hydrogen-bond donors (Lipinski definition) is 0. The van der Waals surface area contributed by atoms with Gasteiger partial charge in [0.1, 0.15) is 5.75 Å². The predicted molar refractivity (Wildman–Crippen MR) is 86.1 cm³/mol. The standard InChI is InChI=1S/C19H22O4/c1-21-15-4-2-14(3-5-15)16-12-18(13-17(16)20)6-8-19(9-7-18)22-10-11-23-19/h2-5,12H,6-11,13H2,1H3. The van der Waals surface area contributed by atoms with Gasteiger partial charge in [0.25, 0.3) is 0 Å². The van der Waals surface area contributed by atoms with Gasteiger partial charge in [0.2, 0.25) is 0 Å². The molecule has 0 aromatic heterocycles. The van der Waals surface area contributed by atoms with Crippen molar-refractivity contribution in [3.8, 4) is 5.75 Å². The highest BCUT2D eigenvalue weighted by molar-refractivity contribution is 6.23. The summed E-state index contributed by atoms with van der Waals surface area (Å²) < 4.78 is 16.8. The van der Waals surface area contributed by atoms with E-state index < -0.39 is 0 Å². The summed E-state index contributed by atoms with van der Waals surface area (Å²) in [5.41, 5.74) is 1.84. The van der Waals surface area contributed by atoms with Crippen LogP contribution in [0.5, 0.6) is 5.75 Å². The summed E-state index contributed by atoms with van der Waals surface area (Å²) in [5.74, 6) is 0.689. The maximum Gasteiger partial charge on any atom is 0.168 e. The van der Waals surface area contributed by atoms with Gasteiger partial charge in [0.05, 0.1) is 20.3 Å². The molecule has 1 aromatic carbocycles. The van der Waals surface area contributed by atoms with Crippen molar-refractivity contribution in [3.63, 3.8) is 0 Å². The Morgan fingerprint density at radius 1 is 1.00 bits per heavy atom. The van der Waals surface area contributed by atoms with E-state index in [1.165, 1.54) is 0 Å². The topological polar surface area (TPSA) is 44.8 Å². The summed E-state index contributed by atoms with van der Waals surface area (Å²) in [6.45, 7) is 1.39. The number of ketones is 1. The number of carbonyl (C=O) groups excluding carboxylic acids is 1. The summed E-state index contributed by atoms with van der Waals surface area (Å²) >= 11 is 0. The third-order valence-corrected chi connectivity index (χ3v) is 5.49. The van der Waals surface area contributed by atoms with Crippen LogP contribution in [0.1, 0.15) is 37.7 Å². The molecular formula is C19H22O4. The first-order chi connectivity index (χ1) is 11.1. The van der Waals surface area contributed by atoms with Crippen molar-refractivity contribution in [2.45, 2.75) is 37.9 Å². The van der Waals surface area contributed by atoms with Gasteiger partial charge in [-0.1, -0.05) is 18.2 Å². The van der Waals surface area contributed by atoms with Gasteiger partial charge in [0, 0.05) is 24.8 Å². The number of carbonyl (C=O) groups is 1. The highest BCUT2D eigenvalue weighted by atomic mass is 16.7. The van der Waals surface area contributed by atoms with Crippen LogP contribution >= 0.6 is 0 Å². The number of allylic oxidation sites excluding steroid dienone is 2. The number of methoxy groups -OCH3 is 1. The molecule has 4 nitrogen and oxygen atoms in total. The summed E-state index contributed by atoms with van der Waals surface area (Å²) in [6.07, 6.45) is 6.50. The second-order valence-electron chi connectivity index (χ2n) is 6.86. The molecule has 0 amide bonds. The van der Waals surface area contributed by atoms with Crippen LogP contribution in [-0.4, -0.2) is 31.9 Å². The van der Waals surface area contributed by atoms with Crippen LogP contribution in [0.25, 0.3) is 5.57 Å². The lowest BCUT2D eigenvalue weighted by atomic mass is 9.71. The molecule has 1 aliphatic heterocycles. The minimum Gasteiger partial charge on any atom is -0.497 e. The molecule has 0 atom stereocenters. The molecule has 4 rings (SSSR count). The second kappa shape index (κ2) is 5.46. The summed E-state index contributed by atoms with van der Waals surface area (Å²) in [7, 11) is 1.65. The molecule has 2 aliphatic carbocycles. The first-order valence-corrected chi connectivity index (χ1v) is 8.32. The fraction of sp³-hybridized carbons (Fsp3) is 0.526. The molecule has 0 unspecified atom stereocenters. The molecular weight excluding hydrogens is 292 g/mol. The van der Waals surface area contributed by atoms with Crippen molar-refractivity contribution in [2.24, 2.45) is 5.41 Å². The first kappa shape index (κ1) is 14.9. The Morgan fingerprint density at radius 2 is 1.65 bits per heavy atom. The smallest absolute Gasteiger partial charge is 0.168 e. The zero-order chi connectivity index (χ0) is 15.9. The minimum absolute atomic E-state index is 0.00704. The summed E-state index contributed by atoms with van der Waals surface area (Å²) in [6, 6.07) is 7.75. The third kappa shape index (κ3) is 2.60. The predicted octanol–water partition coefficient (Wildman–Crippen LogP) is 3.35. The van der Waals surface area contributed by atoms with E-state index in [2.05, 4.69) is 6.08 Å². The van der Waals surface area contributed by atoms with Crippen LogP contribution in [0.15, 0.2) is 30.3 Å². The van der Waals surface area contributed by atoms with Crippen molar-refractivity contribution in [1.82, 2.24) is 0 Å². The van der Waals surface area contributed by atoms with Crippen molar-refractivity contribution in [2.75, 3.05) is 20.3 Å². The van der Waals surface area contributed by atoms with Gasteiger partial charge in [-0.2, -0.15) is 0 Å². The number of benzene rings is 1. The highest BCUT2D eigenvalue weighted by Gasteiger charge is 2.48. The molecule has 23 heavy (non-hydrogen) atoms. The fourth-order valence-electron chi connectivity index (χ4n) is 4.10. The van der Waals surface area contributed by atoms with Crippen LogP contribution in [0.4, 0.5) is 0 Å². The van der Waals surface area contributed by atoms with Crippen molar-refractivity contribution < 1.29 is 19.0 Å². The van der Waals surface area contributed by atoms with E-state index in [0.29, 0.717) is 19.6 Å². The molecule has 1 heterocycles. The molecule has 3 aliphatic rings. The second-order valence-corrected chi connectivity index (χ2v) is 6.86. The molecule has 122 valence electrons. The normalized spacial score (nSPS) is 25.1. The molecule has 2 fully saturated rings. The molecule has 1 saturated carbocycles. The lowest BCUT2D eigenvalue weighted by molar-refractivity contribution is -0.188. The Kier molecular flexibility index (Phi) is 3.54. The molecule has 0 radical (unpaired) electrons. The Labute approximate surface area is 136 Å². The van der Waals surface area contributed by atoms with E-state index in [9.17, 15) is 4.79 Å². The van der Waals surface area contributed by atoms with E-state index in [0.717, 1.165) is 42.6 Å². The van der Waals surface area contributed by atoms with Crippen molar-refractivity contribution >= 4 is 11.4 Å². The van der Waals surface area contributed by atoms with Gasteiger partial charge in [-0.05, 0) is 36.0 Å². The van der Waals surface area contributed by atoms with Gasteiger partial charge in [-0.25, -0.2) is 0 Å². The number of Topliss-reactive ketones (excluding diaryl/α,β-unsaturated/α-hetero) is 1. The van der Waals surface area contributed by atoms with Gasteiger partial charge in [-0.3, -0.25) is 4.79 Å². The largest absolute Gasteiger partial charge is 0.497 e. The third-order valence-electron chi connectivity index (χ3n) is 5.49. The van der Waals surface area contributed by atoms with Crippen LogP contribution in [0, 0.1) is 5.41 Å². The van der Waals surface area contributed by atoms with E-state index in [1.54, 1.807) is 7.11 Å². The molecule has 0 N–H and O–H groups in total. The SMILES string of the molecule is COc1ccc(C2=CC3(CCC4(CC3)OCCO4)CC2=O)cc1. The van der Waals surface area contributed by atoms with E-state index in [1.807, 2.05) is 24.3 Å². The zero-order valence-corrected chi connectivity index (χ0v) is 13.5. The van der Waals surface area contributed by atoms with Crippen LogP contribution in [0.2, 0.25) is 0 Å².